The molecule has 0 aromatic carbocycles. The molecule has 18 heavy (non-hydrogen) atoms. The Morgan fingerprint density at radius 2 is 2.11 bits per heavy atom. The van der Waals surface area contributed by atoms with Crippen LogP contribution in [0.1, 0.15) is 20.3 Å². The maximum atomic E-state index is 12.5. The van der Waals surface area contributed by atoms with Gasteiger partial charge in [0.15, 0.2) is 0 Å². The summed E-state index contributed by atoms with van der Waals surface area (Å²) in [5, 5.41) is 0. The third kappa shape index (κ3) is 2.84. The monoisotopic (exact) mass is 255 g/mol. The van der Waals surface area contributed by atoms with Gasteiger partial charge in [-0.2, -0.15) is 0 Å². The lowest BCUT2D eigenvalue weighted by Crippen LogP contribution is -2.51. The van der Waals surface area contributed by atoms with E-state index in [0.29, 0.717) is 18.5 Å². The topological polar surface area (TPSA) is 58.8 Å². The Morgan fingerprint density at radius 1 is 1.44 bits per heavy atom. The van der Waals surface area contributed by atoms with Crippen LogP contribution >= 0.6 is 0 Å². The molecular formula is C13H25N3O2. The van der Waals surface area contributed by atoms with E-state index in [1.54, 1.807) is 0 Å². The molecular weight excluding hydrogens is 230 g/mol. The maximum Gasteiger partial charge on any atom is 0.239 e. The van der Waals surface area contributed by atoms with Gasteiger partial charge in [0.25, 0.3) is 0 Å². The van der Waals surface area contributed by atoms with E-state index in [2.05, 4.69) is 11.8 Å². The molecule has 2 aliphatic heterocycles. The van der Waals surface area contributed by atoms with Gasteiger partial charge in [-0.1, -0.05) is 0 Å². The fourth-order valence-electron chi connectivity index (χ4n) is 2.98. The van der Waals surface area contributed by atoms with Crippen LogP contribution in [0.4, 0.5) is 0 Å². The minimum atomic E-state index is -0.0344. The van der Waals surface area contributed by atoms with Gasteiger partial charge in [0.05, 0.1) is 19.3 Å². The Kier molecular flexibility index (Phi) is 4.59. The van der Waals surface area contributed by atoms with Gasteiger partial charge in [-0.15, -0.1) is 0 Å². The van der Waals surface area contributed by atoms with Crippen LogP contribution in [0.25, 0.3) is 0 Å². The molecule has 0 saturated carbocycles. The number of hydrogen-bond donors (Lipinski definition) is 1. The molecule has 2 fully saturated rings. The normalized spacial score (nSPS) is 31.6. The highest BCUT2D eigenvalue weighted by Gasteiger charge is 2.35. The first kappa shape index (κ1) is 13.8. The zero-order valence-corrected chi connectivity index (χ0v) is 11.5. The smallest absolute Gasteiger partial charge is 0.239 e. The maximum absolute atomic E-state index is 12.5. The molecule has 0 aliphatic carbocycles. The van der Waals surface area contributed by atoms with Crippen LogP contribution in [-0.4, -0.2) is 67.2 Å². The van der Waals surface area contributed by atoms with Crippen molar-refractivity contribution < 1.29 is 9.53 Å². The van der Waals surface area contributed by atoms with E-state index in [0.717, 1.165) is 39.3 Å². The number of ether oxygens (including phenoxy) is 1. The summed E-state index contributed by atoms with van der Waals surface area (Å²) < 4.78 is 5.33. The number of amides is 1. The molecule has 2 heterocycles. The first-order valence-electron chi connectivity index (χ1n) is 6.95. The molecule has 1 amide bonds. The first-order chi connectivity index (χ1) is 8.63. The van der Waals surface area contributed by atoms with E-state index in [1.165, 1.54) is 0 Å². The average molecular weight is 255 g/mol. The zero-order chi connectivity index (χ0) is 13.1. The lowest BCUT2D eigenvalue weighted by Gasteiger charge is -2.34. The summed E-state index contributed by atoms with van der Waals surface area (Å²) in [6, 6.07) is 0.294. The number of carbonyl (C=O) groups excluding carboxylic acids is 1. The van der Waals surface area contributed by atoms with E-state index in [4.69, 9.17) is 10.5 Å². The molecule has 0 radical (unpaired) electrons. The molecule has 2 aliphatic rings. The van der Waals surface area contributed by atoms with Crippen molar-refractivity contribution in [1.82, 2.24) is 9.80 Å². The second-order valence-corrected chi connectivity index (χ2v) is 5.50. The lowest BCUT2D eigenvalue weighted by atomic mass is 10.1. The largest absolute Gasteiger partial charge is 0.379 e. The highest BCUT2D eigenvalue weighted by molar-refractivity contribution is 5.82. The number of carbonyl (C=O) groups is 1. The van der Waals surface area contributed by atoms with Gasteiger partial charge < -0.3 is 15.4 Å². The molecule has 5 heteroatoms. The highest BCUT2D eigenvalue weighted by atomic mass is 16.5. The minimum Gasteiger partial charge on any atom is -0.379 e. The van der Waals surface area contributed by atoms with Gasteiger partial charge in [-0.05, 0) is 32.7 Å². The van der Waals surface area contributed by atoms with Gasteiger partial charge in [-0.25, -0.2) is 0 Å². The quantitative estimate of drug-likeness (QED) is 0.765. The number of morpholine rings is 1. The molecule has 0 bridgehead atoms. The standard InChI is InChI=1S/C13H25N3O2/c1-10-7-12(8-14)9-16(10)13(17)11(2)15-3-5-18-6-4-15/h10-12H,3-9,14H2,1-2H3. The molecule has 3 unspecified atom stereocenters. The predicted octanol–water partition coefficient (Wildman–Crippen LogP) is -0.0972. The second-order valence-electron chi connectivity index (χ2n) is 5.50. The highest BCUT2D eigenvalue weighted by Crippen LogP contribution is 2.23. The third-order valence-electron chi connectivity index (χ3n) is 4.23. The van der Waals surface area contributed by atoms with Crippen molar-refractivity contribution in [2.24, 2.45) is 11.7 Å². The Balaban J connectivity index is 1.93. The Bertz CT molecular complexity index is 292. The molecule has 3 atom stereocenters. The van der Waals surface area contributed by atoms with E-state index >= 15 is 0 Å². The van der Waals surface area contributed by atoms with Crippen molar-refractivity contribution in [2.75, 3.05) is 39.4 Å². The molecule has 2 saturated heterocycles. The summed E-state index contributed by atoms with van der Waals surface area (Å²) in [4.78, 5) is 16.7. The molecule has 0 aromatic rings. The molecule has 0 aromatic heterocycles. The van der Waals surface area contributed by atoms with Crippen LogP contribution in [0.3, 0.4) is 0 Å². The van der Waals surface area contributed by atoms with E-state index in [9.17, 15) is 4.79 Å². The molecule has 104 valence electrons. The van der Waals surface area contributed by atoms with Crippen molar-refractivity contribution >= 4 is 5.91 Å². The predicted molar refractivity (Wildman–Crippen MR) is 70.2 cm³/mol. The summed E-state index contributed by atoms with van der Waals surface area (Å²) in [6.45, 7) is 8.82. The van der Waals surface area contributed by atoms with Gasteiger partial charge >= 0.3 is 0 Å². The van der Waals surface area contributed by atoms with Crippen LogP contribution in [0.5, 0.6) is 0 Å². The number of rotatable bonds is 3. The van der Waals surface area contributed by atoms with Crippen molar-refractivity contribution in [2.45, 2.75) is 32.4 Å². The Labute approximate surface area is 109 Å². The van der Waals surface area contributed by atoms with Crippen LogP contribution in [0, 0.1) is 5.92 Å². The first-order valence-corrected chi connectivity index (χ1v) is 6.95. The van der Waals surface area contributed by atoms with E-state index in [-0.39, 0.29) is 11.9 Å². The number of nitrogens with zero attached hydrogens (tertiary/aromatic N) is 2. The molecule has 0 spiro atoms. The Morgan fingerprint density at radius 3 is 2.67 bits per heavy atom. The summed E-state index contributed by atoms with van der Waals surface area (Å²) in [7, 11) is 0. The van der Waals surface area contributed by atoms with E-state index in [1.807, 2.05) is 11.8 Å². The molecule has 2 rings (SSSR count). The molecule has 2 N–H and O–H groups in total. The van der Waals surface area contributed by atoms with Gasteiger partial charge in [-0.3, -0.25) is 9.69 Å². The lowest BCUT2D eigenvalue weighted by molar-refractivity contribution is -0.138. The van der Waals surface area contributed by atoms with E-state index < -0.39 is 0 Å². The van der Waals surface area contributed by atoms with Crippen molar-refractivity contribution in [3.8, 4) is 0 Å². The van der Waals surface area contributed by atoms with Crippen LogP contribution in [-0.2, 0) is 9.53 Å². The van der Waals surface area contributed by atoms with Gasteiger partial charge in [0.1, 0.15) is 0 Å². The third-order valence-corrected chi connectivity index (χ3v) is 4.23. The van der Waals surface area contributed by atoms with Crippen LogP contribution in [0.15, 0.2) is 0 Å². The van der Waals surface area contributed by atoms with Gasteiger partial charge in [0, 0.05) is 25.7 Å². The second kappa shape index (κ2) is 5.99. The number of hydrogen-bond acceptors (Lipinski definition) is 4. The van der Waals surface area contributed by atoms with Crippen molar-refractivity contribution in [1.29, 1.82) is 0 Å². The number of nitrogens with two attached hydrogens (primary N) is 1. The summed E-state index contributed by atoms with van der Waals surface area (Å²) in [5.41, 5.74) is 5.71. The molecule has 5 nitrogen and oxygen atoms in total. The fourth-order valence-corrected chi connectivity index (χ4v) is 2.98. The minimum absolute atomic E-state index is 0.0344. The van der Waals surface area contributed by atoms with Crippen molar-refractivity contribution in [3.05, 3.63) is 0 Å². The SMILES string of the molecule is CC(C(=O)N1CC(CN)CC1C)N1CCOCC1. The average Bonchev–Trinajstić information content (AvgIpc) is 2.79. The Hall–Kier alpha value is -0.650. The zero-order valence-electron chi connectivity index (χ0n) is 11.5. The summed E-state index contributed by atoms with van der Waals surface area (Å²) in [6.07, 6.45) is 1.04. The summed E-state index contributed by atoms with van der Waals surface area (Å²) >= 11 is 0. The summed E-state index contributed by atoms with van der Waals surface area (Å²) in [5.74, 6) is 0.723. The van der Waals surface area contributed by atoms with Crippen LogP contribution < -0.4 is 5.73 Å². The fraction of sp³-hybridized carbons (Fsp3) is 0.923. The van der Waals surface area contributed by atoms with Crippen LogP contribution in [0.2, 0.25) is 0 Å². The van der Waals surface area contributed by atoms with Crippen molar-refractivity contribution in [3.63, 3.8) is 0 Å². The van der Waals surface area contributed by atoms with Gasteiger partial charge in [0.2, 0.25) is 5.91 Å². The number of likely N-dealkylation sites (tertiary alicyclic amines) is 1.